The van der Waals surface area contributed by atoms with Crippen molar-refractivity contribution < 1.29 is 4.79 Å². The minimum Gasteiger partial charge on any atom is -0.328 e. The molecule has 0 amide bonds. The van der Waals surface area contributed by atoms with E-state index in [0.29, 0.717) is 5.82 Å². The molecule has 0 aromatic carbocycles. The van der Waals surface area contributed by atoms with Gasteiger partial charge in [-0.15, -0.1) is 0 Å². The summed E-state index contributed by atoms with van der Waals surface area (Å²) in [6.07, 6.45) is 8.64. The smallest absolute Gasteiger partial charge is 0.185 e. The zero-order valence-electron chi connectivity index (χ0n) is 8.21. The number of carbonyl (C=O) groups excluding carboxylic acids is 1. The lowest BCUT2D eigenvalue weighted by Gasteiger charge is -2.03. The quantitative estimate of drug-likeness (QED) is 0.701. The van der Waals surface area contributed by atoms with Gasteiger partial charge in [0, 0.05) is 31.3 Å². The highest BCUT2D eigenvalue weighted by Gasteiger charge is 2.00. The third kappa shape index (κ3) is 2.28. The molecule has 2 aromatic heterocycles. The van der Waals surface area contributed by atoms with Crippen molar-refractivity contribution in [2.24, 2.45) is 0 Å². The molecule has 0 fully saturated rings. The Morgan fingerprint density at radius 1 is 1.40 bits per heavy atom. The number of hydrogen-bond donors (Lipinski definition) is 0. The average molecular weight is 201 g/mol. The second-order valence-corrected chi connectivity index (χ2v) is 3.21. The number of pyridine rings is 1. The predicted molar refractivity (Wildman–Crippen MR) is 55.6 cm³/mol. The van der Waals surface area contributed by atoms with Gasteiger partial charge in [-0.3, -0.25) is 9.78 Å². The van der Waals surface area contributed by atoms with Gasteiger partial charge in [-0.25, -0.2) is 4.98 Å². The van der Waals surface area contributed by atoms with Crippen LogP contribution in [0.5, 0.6) is 0 Å². The summed E-state index contributed by atoms with van der Waals surface area (Å²) in [4.78, 5) is 18.6. The van der Waals surface area contributed by atoms with E-state index in [4.69, 9.17) is 0 Å². The second kappa shape index (κ2) is 4.50. The van der Waals surface area contributed by atoms with Crippen molar-refractivity contribution in [3.63, 3.8) is 0 Å². The molecule has 0 saturated carbocycles. The normalized spacial score (nSPS) is 10.1. The van der Waals surface area contributed by atoms with Crippen LogP contribution in [0, 0.1) is 0 Å². The first kappa shape index (κ1) is 9.58. The van der Waals surface area contributed by atoms with Crippen LogP contribution in [-0.2, 0) is 13.0 Å². The van der Waals surface area contributed by atoms with Crippen molar-refractivity contribution in [1.82, 2.24) is 14.5 Å². The fraction of sp³-hybridized carbons (Fsp3) is 0.182. The molecule has 0 saturated heterocycles. The molecule has 76 valence electrons. The fourth-order valence-electron chi connectivity index (χ4n) is 1.42. The molecule has 2 aromatic rings. The molecular formula is C11H11N3O. The van der Waals surface area contributed by atoms with Crippen LogP contribution < -0.4 is 0 Å². The van der Waals surface area contributed by atoms with Gasteiger partial charge >= 0.3 is 0 Å². The van der Waals surface area contributed by atoms with Gasteiger partial charge in [-0.05, 0) is 18.1 Å². The zero-order chi connectivity index (χ0) is 10.5. The SMILES string of the molecule is O=Cc1nccn1CCc1cccnc1. The van der Waals surface area contributed by atoms with Gasteiger partial charge in [0.15, 0.2) is 12.1 Å². The van der Waals surface area contributed by atoms with E-state index in [1.165, 1.54) is 0 Å². The molecule has 4 heteroatoms. The van der Waals surface area contributed by atoms with E-state index in [9.17, 15) is 4.79 Å². The highest BCUT2D eigenvalue weighted by Crippen LogP contribution is 2.01. The molecule has 2 rings (SSSR count). The summed E-state index contributed by atoms with van der Waals surface area (Å²) in [5, 5.41) is 0. The topological polar surface area (TPSA) is 47.8 Å². The Hall–Kier alpha value is -1.97. The van der Waals surface area contributed by atoms with Crippen molar-refractivity contribution >= 4 is 6.29 Å². The number of carbonyl (C=O) groups is 1. The lowest BCUT2D eigenvalue weighted by atomic mass is 10.2. The van der Waals surface area contributed by atoms with Gasteiger partial charge in [-0.2, -0.15) is 0 Å². The number of hydrogen-bond acceptors (Lipinski definition) is 3. The Morgan fingerprint density at radius 3 is 3.07 bits per heavy atom. The summed E-state index contributed by atoms with van der Waals surface area (Å²) in [7, 11) is 0. The van der Waals surface area contributed by atoms with Crippen molar-refractivity contribution in [1.29, 1.82) is 0 Å². The number of aldehydes is 1. The number of aromatic nitrogens is 3. The highest BCUT2D eigenvalue weighted by atomic mass is 16.1. The zero-order valence-corrected chi connectivity index (χ0v) is 8.21. The summed E-state index contributed by atoms with van der Waals surface area (Å²) >= 11 is 0. The lowest BCUT2D eigenvalue weighted by Crippen LogP contribution is -2.04. The Bertz CT molecular complexity index is 436. The van der Waals surface area contributed by atoms with Gasteiger partial charge in [-0.1, -0.05) is 6.07 Å². The molecule has 15 heavy (non-hydrogen) atoms. The molecule has 4 nitrogen and oxygen atoms in total. The van der Waals surface area contributed by atoms with Crippen LogP contribution in [0.2, 0.25) is 0 Å². The summed E-state index contributed by atoms with van der Waals surface area (Å²) in [5.74, 6) is 0.471. The van der Waals surface area contributed by atoms with Gasteiger partial charge in [0.25, 0.3) is 0 Å². The largest absolute Gasteiger partial charge is 0.328 e. The number of aryl methyl sites for hydroxylation is 2. The molecule has 0 aliphatic carbocycles. The van der Waals surface area contributed by atoms with Crippen LogP contribution in [-0.4, -0.2) is 20.8 Å². The monoisotopic (exact) mass is 201 g/mol. The molecule has 0 radical (unpaired) electrons. The van der Waals surface area contributed by atoms with Gasteiger partial charge in [0.2, 0.25) is 0 Å². The minimum absolute atomic E-state index is 0.471. The third-order valence-corrected chi connectivity index (χ3v) is 2.22. The minimum atomic E-state index is 0.471. The number of nitrogens with zero attached hydrogens (tertiary/aromatic N) is 3. The van der Waals surface area contributed by atoms with Crippen molar-refractivity contribution in [2.75, 3.05) is 0 Å². The summed E-state index contributed by atoms with van der Waals surface area (Å²) < 4.78 is 1.83. The van der Waals surface area contributed by atoms with Gasteiger partial charge in [0.1, 0.15) is 0 Å². The molecule has 2 heterocycles. The first-order chi connectivity index (χ1) is 7.40. The van der Waals surface area contributed by atoms with Crippen LogP contribution in [0.1, 0.15) is 16.2 Å². The van der Waals surface area contributed by atoms with Crippen molar-refractivity contribution in [3.05, 3.63) is 48.3 Å². The first-order valence-corrected chi connectivity index (χ1v) is 4.75. The standard InChI is InChI=1S/C11H11N3O/c15-9-11-13-5-7-14(11)6-3-10-2-1-4-12-8-10/h1-2,4-5,7-9H,3,6H2. The Labute approximate surface area is 87.6 Å². The van der Waals surface area contributed by atoms with E-state index in [1.807, 2.05) is 22.9 Å². The van der Waals surface area contributed by atoms with E-state index < -0.39 is 0 Å². The van der Waals surface area contributed by atoms with E-state index in [1.54, 1.807) is 18.6 Å². The molecular weight excluding hydrogens is 190 g/mol. The summed E-state index contributed by atoms with van der Waals surface area (Å²) in [6.45, 7) is 0.750. The molecule has 0 unspecified atom stereocenters. The van der Waals surface area contributed by atoms with E-state index in [0.717, 1.165) is 24.8 Å². The third-order valence-electron chi connectivity index (χ3n) is 2.22. The van der Waals surface area contributed by atoms with Crippen molar-refractivity contribution in [3.8, 4) is 0 Å². The molecule has 0 aliphatic rings. The molecule has 0 bridgehead atoms. The Balaban J connectivity index is 2.02. The van der Waals surface area contributed by atoms with Crippen molar-refractivity contribution in [2.45, 2.75) is 13.0 Å². The van der Waals surface area contributed by atoms with Crippen LogP contribution in [0.4, 0.5) is 0 Å². The maximum absolute atomic E-state index is 10.6. The number of imidazole rings is 1. The Morgan fingerprint density at radius 2 is 2.33 bits per heavy atom. The van der Waals surface area contributed by atoms with Crippen LogP contribution in [0.15, 0.2) is 36.9 Å². The molecule has 0 aliphatic heterocycles. The van der Waals surface area contributed by atoms with Crippen LogP contribution in [0.3, 0.4) is 0 Å². The van der Waals surface area contributed by atoms with E-state index in [2.05, 4.69) is 9.97 Å². The maximum atomic E-state index is 10.6. The summed E-state index contributed by atoms with van der Waals surface area (Å²) in [6, 6.07) is 3.92. The predicted octanol–water partition coefficient (Wildman–Crippen LogP) is 1.33. The maximum Gasteiger partial charge on any atom is 0.185 e. The summed E-state index contributed by atoms with van der Waals surface area (Å²) in [5.41, 5.74) is 1.16. The van der Waals surface area contributed by atoms with E-state index in [-0.39, 0.29) is 0 Å². The Kier molecular flexibility index (Phi) is 2.88. The second-order valence-electron chi connectivity index (χ2n) is 3.21. The van der Waals surface area contributed by atoms with E-state index >= 15 is 0 Å². The average Bonchev–Trinajstić information content (AvgIpc) is 2.75. The molecule has 0 N–H and O–H groups in total. The highest BCUT2D eigenvalue weighted by molar-refractivity contribution is 5.69. The first-order valence-electron chi connectivity index (χ1n) is 4.75. The van der Waals surface area contributed by atoms with Crippen LogP contribution >= 0.6 is 0 Å². The van der Waals surface area contributed by atoms with Crippen LogP contribution in [0.25, 0.3) is 0 Å². The fourth-order valence-corrected chi connectivity index (χ4v) is 1.42. The molecule has 0 spiro atoms. The number of rotatable bonds is 4. The molecule has 0 atom stereocenters. The lowest BCUT2D eigenvalue weighted by molar-refractivity contribution is 0.111. The van der Waals surface area contributed by atoms with Gasteiger partial charge < -0.3 is 4.57 Å². The van der Waals surface area contributed by atoms with Gasteiger partial charge in [0.05, 0.1) is 0 Å².